The molecule has 0 aliphatic carbocycles. The van der Waals surface area contributed by atoms with Crippen molar-refractivity contribution in [3.63, 3.8) is 0 Å². The van der Waals surface area contributed by atoms with Gasteiger partial charge in [-0.15, -0.1) is 12.4 Å². The Labute approximate surface area is 150 Å². The highest BCUT2D eigenvalue weighted by Gasteiger charge is 2.29. The molecule has 2 rings (SSSR count). The summed E-state index contributed by atoms with van der Waals surface area (Å²) < 4.78 is 26.6. The first-order chi connectivity index (χ1) is 11.0. The molecule has 1 aliphatic rings. The van der Waals surface area contributed by atoms with Crippen LogP contribution in [-0.2, 0) is 10.0 Å². The second-order valence-electron chi connectivity index (χ2n) is 5.65. The first-order valence-electron chi connectivity index (χ1n) is 8.06. The van der Waals surface area contributed by atoms with Crippen LogP contribution in [0.3, 0.4) is 0 Å². The van der Waals surface area contributed by atoms with Gasteiger partial charge < -0.3 is 10.6 Å². The molecular formula is C16H26ClN3O3S. The van der Waals surface area contributed by atoms with Crippen LogP contribution < -0.4 is 5.73 Å². The number of halogens is 1. The van der Waals surface area contributed by atoms with Crippen LogP contribution in [0.15, 0.2) is 29.2 Å². The van der Waals surface area contributed by atoms with E-state index in [0.717, 1.165) is 12.8 Å². The molecule has 1 fully saturated rings. The van der Waals surface area contributed by atoms with Crippen LogP contribution in [0.1, 0.15) is 37.0 Å². The highest BCUT2D eigenvalue weighted by Crippen LogP contribution is 2.22. The maximum absolute atomic E-state index is 12.7. The summed E-state index contributed by atoms with van der Waals surface area (Å²) in [5, 5.41) is 0. The number of nitrogens with two attached hydrogens (primary N) is 1. The summed E-state index contributed by atoms with van der Waals surface area (Å²) >= 11 is 0. The van der Waals surface area contributed by atoms with Crippen molar-refractivity contribution >= 4 is 28.3 Å². The smallest absolute Gasteiger partial charge is 0.254 e. The summed E-state index contributed by atoms with van der Waals surface area (Å²) in [5.41, 5.74) is 6.12. The predicted molar refractivity (Wildman–Crippen MR) is 96.9 cm³/mol. The molecule has 1 atom stereocenters. The van der Waals surface area contributed by atoms with Crippen LogP contribution in [0.5, 0.6) is 0 Å². The maximum Gasteiger partial charge on any atom is 0.254 e. The molecule has 0 radical (unpaired) electrons. The Balaban J connectivity index is 0.00000288. The molecule has 1 amide bonds. The molecule has 0 saturated carbocycles. The molecule has 8 heteroatoms. The molecule has 2 N–H and O–H groups in total. The summed E-state index contributed by atoms with van der Waals surface area (Å²) in [6.07, 6.45) is 1.84. The Morgan fingerprint density at radius 1 is 1.33 bits per heavy atom. The summed E-state index contributed by atoms with van der Waals surface area (Å²) in [7, 11) is -3.56. The van der Waals surface area contributed by atoms with Crippen molar-refractivity contribution in [1.29, 1.82) is 0 Å². The predicted octanol–water partition coefficient (Wildman–Crippen LogP) is 1.70. The summed E-state index contributed by atoms with van der Waals surface area (Å²) in [5.74, 6) is -0.144. The number of carbonyl (C=O) groups excluding carboxylic acids is 1. The van der Waals surface area contributed by atoms with Crippen LogP contribution in [0, 0.1) is 0 Å². The van der Waals surface area contributed by atoms with E-state index in [4.69, 9.17) is 5.73 Å². The fourth-order valence-corrected chi connectivity index (χ4v) is 4.52. The molecule has 24 heavy (non-hydrogen) atoms. The first kappa shape index (κ1) is 20.9. The number of benzene rings is 1. The Hall–Kier alpha value is -1.15. The van der Waals surface area contributed by atoms with Crippen molar-refractivity contribution in [2.75, 3.05) is 26.2 Å². The fraction of sp³-hybridized carbons (Fsp3) is 0.562. The molecule has 6 nitrogen and oxygen atoms in total. The molecule has 1 heterocycles. The van der Waals surface area contributed by atoms with E-state index in [1.807, 2.05) is 0 Å². The highest BCUT2D eigenvalue weighted by molar-refractivity contribution is 7.89. The highest BCUT2D eigenvalue weighted by atomic mass is 35.5. The summed E-state index contributed by atoms with van der Waals surface area (Å²) in [6.45, 7) is 5.51. The molecule has 1 aromatic carbocycles. The number of sulfonamides is 1. The number of hydrogen-bond acceptors (Lipinski definition) is 4. The van der Waals surface area contributed by atoms with Gasteiger partial charge in [0.25, 0.3) is 5.91 Å². The SMILES string of the molecule is CCN(CC)S(=O)(=O)c1cccc(C(=O)N2CCCC2CN)c1.Cl. The zero-order valence-electron chi connectivity index (χ0n) is 14.1. The maximum atomic E-state index is 12.7. The third kappa shape index (κ3) is 4.08. The van der Waals surface area contributed by atoms with Crippen LogP contribution in [-0.4, -0.2) is 55.8 Å². The lowest BCUT2D eigenvalue weighted by Crippen LogP contribution is -2.40. The first-order valence-corrected chi connectivity index (χ1v) is 9.51. The summed E-state index contributed by atoms with van der Waals surface area (Å²) in [4.78, 5) is 14.6. The van der Waals surface area contributed by atoms with Gasteiger partial charge in [0.2, 0.25) is 10.0 Å². The van der Waals surface area contributed by atoms with E-state index >= 15 is 0 Å². The van der Waals surface area contributed by atoms with Crippen LogP contribution in [0.4, 0.5) is 0 Å². The van der Waals surface area contributed by atoms with Crippen LogP contribution in [0.25, 0.3) is 0 Å². The van der Waals surface area contributed by atoms with E-state index in [0.29, 0.717) is 31.7 Å². The van der Waals surface area contributed by atoms with Crippen molar-refractivity contribution in [1.82, 2.24) is 9.21 Å². The number of likely N-dealkylation sites (tertiary alicyclic amines) is 1. The van der Waals surface area contributed by atoms with Gasteiger partial charge in [0.1, 0.15) is 0 Å². The normalized spacial score (nSPS) is 17.8. The zero-order valence-corrected chi connectivity index (χ0v) is 15.8. The van der Waals surface area contributed by atoms with E-state index in [2.05, 4.69) is 0 Å². The minimum Gasteiger partial charge on any atom is -0.334 e. The van der Waals surface area contributed by atoms with Crippen LogP contribution >= 0.6 is 12.4 Å². The Bertz CT molecular complexity index is 662. The molecular weight excluding hydrogens is 350 g/mol. The molecule has 0 bridgehead atoms. The topological polar surface area (TPSA) is 83.7 Å². The van der Waals surface area contributed by atoms with E-state index < -0.39 is 10.0 Å². The number of rotatable bonds is 6. The monoisotopic (exact) mass is 375 g/mol. The number of carbonyl (C=O) groups is 1. The van der Waals surface area contributed by atoms with E-state index in [1.165, 1.54) is 16.4 Å². The van der Waals surface area contributed by atoms with Gasteiger partial charge in [0, 0.05) is 37.8 Å². The quantitative estimate of drug-likeness (QED) is 0.820. The van der Waals surface area contributed by atoms with Gasteiger partial charge in [-0.25, -0.2) is 8.42 Å². The second kappa shape index (κ2) is 8.80. The molecule has 136 valence electrons. The van der Waals surface area contributed by atoms with Gasteiger partial charge in [-0.1, -0.05) is 19.9 Å². The van der Waals surface area contributed by atoms with Crippen molar-refractivity contribution < 1.29 is 13.2 Å². The molecule has 0 spiro atoms. The van der Waals surface area contributed by atoms with Crippen molar-refractivity contribution in [3.8, 4) is 0 Å². The molecule has 0 aromatic heterocycles. The van der Waals surface area contributed by atoms with Gasteiger partial charge in [-0.05, 0) is 31.0 Å². The van der Waals surface area contributed by atoms with Crippen molar-refractivity contribution in [2.45, 2.75) is 37.6 Å². The van der Waals surface area contributed by atoms with E-state index in [-0.39, 0.29) is 29.3 Å². The lowest BCUT2D eigenvalue weighted by atomic mass is 10.1. The Morgan fingerprint density at radius 2 is 2.00 bits per heavy atom. The summed E-state index contributed by atoms with van der Waals surface area (Å²) in [6, 6.07) is 6.34. The Morgan fingerprint density at radius 3 is 2.58 bits per heavy atom. The van der Waals surface area contributed by atoms with E-state index in [1.54, 1.807) is 30.9 Å². The van der Waals surface area contributed by atoms with Gasteiger partial charge in [0.05, 0.1) is 4.90 Å². The lowest BCUT2D eigenvalue weighted by molar-refractivity contribution is 0.0741. The molecule has 1 aliphatic heterocycles. The minimum atomic E-state index is -3.56. The third-order valence-electron chi connectivity index (χ3n) is 4.33. The lowest BCUT2D eigenvalue weighted by Gasteiger charge is -2.24. The van der Waals surface area contributed by atoms with Crippen molar-refractivity contribution in [3.05, 3.63) is 29.8 Å². The molecule has 1 unspecified atom stereocenters. The van der Waals surface area contributed by atoms with Gasteiger partial charge in [-0.3, -0.25) is 4.79 Å². The van der Waals surface area contributed by atoms with Crippen molar-refractivity contribution in [2.24, 2.45) is 5.73 Å². The largest absolute Gasteiger partial charge is 0.334 e. The van der Waals surface area contributed by atoms with Crippen LogP contribution in [0.2, 0.25) is 0 Å². The number of nitrogens with zero attached hydrogens (tertiary/aromatic N) is 2. The van der Waals surface area contributed by atoms with Gasteiger partial charge >= 0.3 is 0 Å². The van der Waals surface area contributed by atoms with Gasteiger partial charge in [0.15, 0.2) is 0 Å². The molecule has 1 saturated heterocycles. The minimum absolute atomic E-state index is 0. The standard InChI is InChI=1S/C16H25N3O3S.ClH/c1-3-18(4-2)23(21,22)15-9-5-7-13(11-15)16(20)19-10-6-8-14(19)12-17;/h5,7,9,11,14H,3-4,6,8,10,12,17H2,1-2H3;1H. The number of amides is 1. The third-order valence-corrected chi connectivity index (χ3v) is 6.38. The Kier molecular flexibility index (Phi) is 7.66. The van der Waals surface area contributed by atoms with E-state index in [9.17, 15) is 13.2 Å². The average Bonchev–Trinajstić information content (AvgIpc) is 3.03. The average molecular weight is 376 g/mol. The van der Waals surface area contributed by atoms with Gasteiger partial charge in [-0.2, -0.15) is 4.31 Å². The second-order valence-corrected chi connectivity index (χ2v) is 7.59. The molecule has 1 aromatic rings. The zero-order chi connectivity index (χ0) is 17.0. The fourth-order valence-electron chi connectivity index (χ4n) is 3.02. The number of hydrogen-bond donors (Lipinski definition) is 1.